The van der Waals surface area contributed by atoms with Crippen LogP contribution >= 0.6 is 0 Å². The molecule has 0 spiro atoms. The second kappa shape index (κ2) is 30.4. The van der Waals surface area contributed by atoms with Gasteiger partial charge in [0, 0.05) is 11.4 Å². The number of nitrogens with zero attached hydrogens (tertiary/aromatic N) is 4. The van der Waals surface area contributed by atoms with Gasteiger partial charge in [0.05, 0.1) is 11.4 Å². The van der Waals surface area contributed by atoms with Crippen molar-refractivity contribution in [2.75, 3.05) is 0 Å². The molecule has 0 radical (unpaired) electrons. The third-order valence-electron chi connectivity index (χ3n) is 11.4. The van der Waals surface area contributed by atoms with Crippen LogP contribution in [0.15, 0.2) is 106 Å². The molecular formula is C58H82Cl2N4Ni2. The molecule has 0 aliphatic heterocycles. The molecule has 4 rings (SSSR count). The second-order valence-electron chi connectivity index (χ2n) is 19.7. The molecule has 0 N–H and O–H groups in total. The first-order chi connectivity index (χ1) is 29.0. The third-order valence-corrected chi connectivity index (χ3v) is 11.4. The number of hydrogen-bond donors (Lipinski definition) is 0. The summed E-state index contributed by atoms with van der Waals surface area (Å²) in [7, 11) is 0. The Morgan fingerprint density at radius 1 is 0.348 bits per heavy atom. The van der Waals surface area contributed by atoms with Crippen LogP contribution in [0.4, 0.5) is 22.7 Å². The van der Waals surface area contributed by atoms with E-state index in [0.717, 1.165) is 45.6 Å². The van der Waals surface area contributed by atoms with Crippen molar-refractivity contribution in [1.29, 1.82) is 0 Å². The number of allylic oxidation sites excluding steroid dienone is 4. The fourth-order valence-corrected chi connectivity index (χ4v) is 8.00. The molecule has 0 unspecified atom stereocenters. The molecule has 4 nitrogen and oxygen atoms in total. The van der Waals surface area contributed by atoms with E-state index in [2.05, 4.69) is 223 Å². The zero-order valence-corrected chi connectivity index (χ0v) is 47.4. The maximum Gasteiger partial charge on any atom is 2.00 e. The minimum Gasteiger partial charge on any atom is -1.00 e. The first-order valence-electron chi connectivity index (χ1n) is 23.5. The molecule has 0 aliphatic carbocycles. The first kappa shape index (κ1) is 64.9. The molecule has 0 atom stereocenters. The number of rotatable bonds is 16. The van der Waals surface area contributed by atoms with Crippen molar-refractivity contribution < 1.29 is 57.8 Å². The molecule has 4 aromatic carbocycles. The summed E-state index contributed by atoms with van der Waals surface area (Å²) in [5.74, 6) is 3.49. The first-order valence-corrected chi connectivity index (χ1v) is 23.5. The summed E-state index contributed by atoms with van der Waals surface area (Å²) in [6.07, 6.45) is 4.23. The summed E-state index contributed by atoms with van der Waals surface area (Å²) in [5, 5.41) is 10.2. The van der Waals surface area contributed by atoms with Crippen molar-refractivity contribution in [1.82, 2.24) is 0 Å². The Kier molecular flexibility index (Phi) is 29.9. The van der Waals surface area contributed by atoms with Crippen LogP contribution in [0, 0.1) is 0 Å². The van der Waals surface area contributed by atoms with E-state index in [0.29, 0.717) is 47.3 Å². The Hall–Kier alpha value is -3.13. The normalized spacial score (nSPS) is 12.3. The van der Waals surface area contributed by atoms with Gasteiger partial charge in [-0.1, -0.05) is 232 Å². The van der Waals surface area contributed by atoms with E-state index in [4.69, 9.17) is 20.6 Å². The van der Waals surface area contributed by atoms with Gasteiger partial charge in [0.15, 0.2) is 0 Å². The van der Waals surface area contributed by atoms with Gasteiger partial charge in [-0.25, -0.2) is 0 Å². The molecule has 0 aliphatic rings. The summed E-state index contributed by atoms with van der Waals surface area (Å²) < 4.78 is 0. The quantitative estimate of drug-likeness (QED) is 0.0793. The Morgan fingerprint density at radius 3 is 0.712 bits per heavy atom. The van der Waals surface area contributed by atoms with Gasteiger partial charge < -0.3 is 35.4 Å². The molecule has 0 amide bonds. The van der Waals surface area contributed by atoms with Crippen LogP contribution in [0.2, 0.25) is 0 Å². The van der Waals surface area contributed by atoms with Gasteiger partial charge in [-0.05, 0) is 83.4 Å². The van der Waals surface area contributed by atoms with Crippen LogP contribution in [0.5, 0.6) is 0 Å². The Morgan fingerprint density at radius 2 is 0.530 bits per heavy atom. The van der Waals surface area contributed by atoms with Crippen LogP contribution in [-0.4, -0.2) is 11.4 Å². The number of para-hydroxylation sites is 4. The van der Waals surface area contributed by atoms with Crippen molar-refractivity contribution in [2.24, 2.45) is 9.98 Å². The SMILES string of the molecule is CC(/C=C(/C)[N-]c1c(C(C)C)cccc1C(C)C)=Nc1c(C(C)C)cccc1C(C)C.CC(/C=C(/C)[N-]c1c(C(C)C)cccc1C(C)C)=Nc1c(C(C)C)cccc1C(C)C.[Cl-].[Cl-].[Ni+2].[Ni+2]. The molecule has 0 saturated heterocycles. The van der Waals surface area contributed by atoms with E-state index in [9.17, 15) is 0 Å². The van der Waals surface area contributed by atoms with Gasteiger partial charge in [-0.2, -0.15) is 11.4 Å². The topological polar surface area (TPSA) is 52.9 Å². The smallest absolute Gasteiger partial charge is 1.00 e. The molecule has 66 heavy (non-hydrogen) atoms. The predicted octanol–water partition coefficient (Wildman–Crippen LogP) is 13.8. The van der Waals surface area contributed by atoms with Gasteiger partial charge in [0.25, 0.3) is 0 Å². The molecule has 0 aromatic heterocycles. The Bertz CT molecular complexity index is 1960. The second-order valence-corrected chi connectivity index (χ2v) is 19.7. The van der Waals surface area contributed by atoms with E-state index >= 15 is 0 Å². The summed E-state index contributed by atoms with van der Waals surface area (Å²) in [5.41, 5.74) is 18.9. The van der Waals surface area contributed by atoms with E-state index in [1.54, 1.807) is 0 Å². The number of halogens is 2. The van der Waals surface area contributed by atoms with Crippen molar-refractivity contribution >= 4 is 34.2 Å². The molecular weight excluding hydrogens is 941 g/mol. The Balaban J connectivity index is 0. The van der Waals surface area contributed by atoms with Crippen molar-refractivity contribution in [3.8, 4) is 0 Å². The maximum atomic E-state index is 5.08. The fourth-order valence-electron chi connectivity index (χ4n) is 8.00. The number of aliphatic imine (C=N–C) groups is 2. The maximum absolute atomic E-state index is 5.08. The monoisotopic (exact) mass is 1020 g/mol. The number of benzene rings is 4. The van der Waals surface area contributed by atoms with Crippen LogP contribution < -0.4 is 24.8 Å². The molecule has 368 valence electrons. The van der Waals surface area contributed by atoms with Gasteiger partial charge >= 0.3 is 33.0 Å². The van der Waals surface area contributed by atoms with E-state index in [-0.39, 0.29) is 57.8 Å². The summed E-state index contributed by atoms with van der Waals surface area (Å²) >= 11 is 0. The van der Waals surface area contributed by atoms with Crippen molar-refractivity contribution in [2.45, 2.75) is 186 Å². The minimum absolute atomic E-state index is 0. The minimum atomic E-state index is 0. The summed E-state index contributed by atoms with van der Waals surface area (Å²) in [6.45, 7) is 44.1. The molecule has 8 heteroatoms. The van der Waals surface area contributed by atoms with Crippen LogP contribution in [0.3, 0.4) is 0 Å². The van der Waals surface area contributed by atoms with E-state index < -0.39 is 0 Å². The zero-order chi connectivity index (χ0) is 46.6. The van der Waals surface area contributed by atoms with E-state index in [1.165, 1.54) is 44.5 Å². The average Bonchev–Trinajstić information content (AvgIpc) is 3.17. The van der Waals surface area contributed by atoms with Crippen molar-refractivity contribution in [3.63, 3.8) is 0 Å². The van der Waals surface area contributed by atoms with Crippen LogP contribution in [0.1, 0.15) is 230 Å². The summed E-state index contributed by atoms with van der Waals surface area (Å²) in [6, 6.07) is 26.3. The molecule has 0 saturated carbocycles. The largest absolute Gasteiger partial charge is 2.00 e. The molecule has 4 aromatic rings. The van der Waals surface area contributed by atoms with Gasteiger partial charge in [-0.3, -0.25) is 9.98 Å². The van der Waals surface area contributed by atoms with Crippen LogP contribution in [-0.2, 0) is 33.0 Å². The van der Waals surface area contributed by atoms with Crippen LogP contribution in [0.25, 0.3) is 10.6 Å². The zero-order valence-electron chi connectivity index (χ0n) is 43.9. The third kappa shape index (κ3) is 18.4. The van der Waals surface area contributed by atoms with E-state index in [1.807, 2.05) is 0 Å². The van der Waals surface area contributed by atoms with Gasteiger partial charge in [0.1, 0.15) is 0 Å². The van der Waals surface area contributed by atoms with Crippen molar-refractivity contribution in [3.05, 3.63) is 151 Å². The predicted molar refractivity (Wildman–Crippen MR) is 278 cm³/mol. The molecule has 0 fully saturated rings. The van der Waals surface area contributed by atoms with Gasteiger partial charge in [0.2, 0.25) is 0 Å². The average molecular weight is 1020 g/mol. The Labute approximate surface area is 436 Å². The fraction of sp³-hybridized carbons (Fsp3) is 0.483. The standard InChI is InChI=1S/2C29H41N2.2ClH.2Ni/c2*1-18(2)24-13-11-14-25(19(3)4)28(24)30-22(9)17-23(10)31-29-26(20(5)6)15-12-16-27(29)21(7)8;;;;/h2*11-21H,1-10H3;2*1H;;/q2*-1;;;2*+2/p-2/b2*22-17-,31-23?;;;;. The van der Waals surface area contributed by atoms with Gasteiger partial charge in [-0.15, -0.1) is 11.4 Å². The number of hydrogen-bond acceptors (Lipinski definition) is 2. The summed E-state index contributed by atoms with van der Waals surface area (Å²) in [4.78, 5) is 10.2. The molecule has 0 heterocycles. The molecule has 0 bridgehead atoms.